The minimum Gasteiger partial charge on any atom is -0.395 e. The lowest BCUT2D eigenvalue weighted by atomic mass is 10.3. The number of hydrogen-bond acceptors (Lipinski definition) is 9. The molecule has 0 bridgehead atoms. The highest BCUT2D eigenvalue weighted by Gasteiger charge is 2.20. The van der Waals surface area contributed by atoms with Crippen molar-refractivity contribution in [2.75, 3.05) is 62.4 Å². The van der Waals surface area contributed by atoms with E-state index < -0.39 is 0 Å². The molecule has 1 aliphatic heterocycles. The van der Waals surface area contributed by atoms with Crippen LogP contribution in [0, 0.1) is 0 Å². The molecule has 2 aromatic heterocycles. The maximum absolute atomic E-state index is 9.40. The van der Waals surface area contributed by atoms with Crippen molar-refractivity contribution in [2.45, 2.75) is 0 Å². The molecule has 0 amide bonds. The van der Waals surface area contributed by atoms with Crippen LogP contribution in [0.3, 0.4) is 0 Å². The zero-order chi connectivity index (χ0) is 19.3. The molecular weight excluding hydrogens is 362 g/mol. The highest BCUT2D eigenvalue weighted by Crippen LogP contribution is 2.20. The van der Waals surface area contributed by atoms with Gasteiger partial charge in [0.25, 0.3) is 0 Å². The standard InChI is InChI=1S/C18H23N7O3/c26-9-5-23(6-10-27)16-20-17(24-7-11-28-12-8-24)22-18(21-16)25-13-19-14-3-1-2-4-15(14)25/h1-4,13,26-27H,5-12H2. The van der Waals surface area contributed by atoms with Crippen LogP contribution in [-0.4, -0.2) is 87.3 Å². The fourth-order valence-electron chi connectivity index (χ4n) is 3.17. The predicted molar refractivity (Wildman–Crippen MR) is 104 cm³/mol. The SMILES string of the molecule is OCCN(CCO)c1nc(N2CCOCC2)nc(-n2cnc3ccccc32)n1. The Balaban J connectivity index is 1.81. The van der Waals surface area contributed by atoms with Crippen LogP contribution in [-0.2, 0) is 4.74 Å². The first-order chi connectivity index (χ1) is 13.8. The summed E-state index contributed by atoms with van der Waals surface area (Å²) in [7, 11) is 0. The Labute approximate surface area is 162 Å². The lowest BCUT2D eigenvalue weighted by molar-refractivity contribution is 0.122. The van der Waals surface area contributed by atoms with Crippen LogP contribution in [0.15, 0.2) is 30.6 Å². The number of nitrogens with zero attached hydrogens (tertiary/aromatic N) is 7. The van der Waals surface area contributed by atoms with Gasteiger partial charge in [-0.2, -0.15) is 15.0 Å². The predicted octanol–water partition coefficient (Wildman–Crippen LogP) is -0.162. The van der Waals surface area contributed by atoms with Gasteiger partial charge in [0.2, 0.25) is 17.8 Å². The van der Waals surface area contributed by atoms with Gasteiger partial charge in [0.15, 0.2) is 0 Å². The molecule has 148 valence electrons. The number of aliphatic hydroxyl groups excluding tert-OH is 2. The summed E-state index contributed by atoms with van der Waals surface area (Å²) >= 11 is 0. The number of imidazole rings is 1. The zero-order valence-electron chi connectivity index (χ0n) is 15.5. The molecule has 2 N–H and O–H groups in total. The van der Waals surface area contributed by atoms with Crippen LogP contribution >= 0.6 is 0 Å². The van der Waals surface area contributed by atoms with Crippen molar-refractivity contribution in [3.63, 3.8) is 0 Å². The first kappa shape index (κ1) is 18.5. The molecule has 10 nitrogen and oxygen atoms in total. The van der Waals surface area contributed by atoms with Crippen molar-refractivity contribution in [2.24, 2.45) is 0 Å². The van der Waals surface area contributed by atoms with Crippen LogP contribution < -0.4 is 9.80 Å². The Morgan fingerprint density at radius 1 is 0.964 bits per heavy atom. The van der Waals surface area contributed by atoms with Crippen molar-refractivity contribution in [1.29, 1.82) is 0 Å². The third-order valence-corrected chi connectivity index (χ3v) is 4.59. The number of anilines is 2. The second-order valence-electron chi connectivity index (χ2n) is 6.37. The molecule has 3 aromatic rings. The smallest absolute Gasteiger partial charge is 0.242 e. The van der Waals surface area contributed by atoms with Crippen molar-refractivity contribution in [3.05, 3.63) is 30.6 Å². The highest BCUT2D eigenvalue weighted by molar-refractivity contribution is 5.76. The maximum atomic E-state index is 9.40. The number of aliphatic hydroxyl groups is 2. The highest BCUT2D eigenvalue weighted by atomic mass is 16.5. The van der Waals surface area contributed by atoms with Crippen molar-refractivity contribution >= 4 is 22.9 Å². The van der Waals surface area contributed by atoms with E-state index in [0.717, 1.165) is 11.0 Å². The summed E-state index contributed by atoms with van der Waals surface area (Å²) in [5.74, 6) is 1.40. The van der Waals surface area contributed by atoms with Crippen molar-refractivity contribution in [3.8, 4) is 5.95 Å². The quantitative estimate of drug-likeness (QED) is 0.573. The number of benzene rings is 1. The number of fused-ring (bicyclic) bond motifs is 1. The summed E-state index contributed by atoms with van der Waals surface area (Å²) in [6, 6.07) is 7.76. The zero-order valence-corrected chi connectivity index (χ0v) is 15.5. The van der Waals surface area contributed by atoms with Crippen molar-refractivity contribution < 1.29 is 14.9 Å². The molecule has 3 heterocycles. The van der Waals surface area contributed by atoms with Crippen LogP contribution in [0.1, 0.15) is 0 Å². The Kier molecular flexibility index (Phi) is 5.60. The molecule has 4 rings (SSSR count). The molecule has 0 saturated carbocycles. The average Bonchev–Trinajstić information content (AvgIpc) is 3.18. The molecule has 0 spiro atoms. The van der Waals surface area contributed by atoms with E-state index in [9.17, 15) is 10.2 Å². The molecular formula is C18H23N7O3. The number of ether oxygens (including phenoxy) is 1. The summed E-state index contributed by atoms with van der Waals surface area (Å²) < 4.78 is 7.25. The molecule has 0 aliphatic carbocycles. The van der Waals surface area contributed by atoms with E-state index >= 15 is 0 Å². The molecule has 0 unspecified atom stereocenters. The second kappa shape index (κ2) is 8.46. The first-order valence-electron chi connectivity index (χ1n) is 9.28. The molecule has 1 aromatic carbocycles. The Bertz CT molecular complexity index is 920. The van der Waals surface area contributed by atoms with E-state index in [2.05, 4.69) is 19.9 Å². The summed E-state index contributed by atoms with van der Waals surface area (Å²) in [5.41, 5.74) is 1.74. The minimum absolute atomic E-state index is 0.0675. The normalized spacial score (nSPS) is 14.6. The minimum atomic E-state index is -0.0675. The van der Waals surface area contributed by atoms with Crippen LogP contribution in [0.4, 0.5) is 11.9 Å². The molecule has 0 atom stereocenters. The summed E-state index contributed by atoms with van der Waals surface area (Å²) in [4.78, 5) is 22.1. The van der Waals surface area contributed by atoms with E-state index in [0.29, 0.717) is 57.2 Å². The van der Waals surface area contributed by atoms with E-state index in [1.807, 2.05) is 33.7 Å². The molecule has 28 heavy (non-hydrogen) atoms. The summed E-state index contributed by atoms with van der Waals surface area (Å²) in [5, 5.41) is 18.8. The topological polar surface area (TPSA) is 113 Å². The number of rotatable bonds is 7. The Hall–Kier alpha value is -2.82. The van der Waals surface area contributed by atoms with Gasteiger partial charge in [0, 0.05) is 26.2 Å². The summed E-state index contributed by atoms with van der Waals surface area (Å²) in [6.45, 7) is 3.10. The molecule has 1 aliphatic rings. The van der Waals surface area contributed by atoms with Crippen LogP contribution in [0.5, 0.6) is 0 Å². The monoisotopic (exact) mass is 385 g/mol. The molecule has 1 fully saturated rings. The van der Waals surface area contributed by atoms with Gasteiger partial charge in [-0.25, -0.2) is 4.98 Å². The van der Waals surface area contributed by atoms with Gasteiger partial charge in [0.1, 0.15) is 6.33 Å². The van der Waals surface area contributed by atoms with E-state index in [4.69, 9.17) is 4.74 Å². The van der Waals surface area contributed by atoms with Gasteiger partial charge < -0.3 is 24.7 Å². The Morgan fingerprint density at radius 2 is 1.68 bits per heavy atom. The van der Waals surface area contributed by atoms with E-state index in [1.165, 1.54) is 0 Å². The van der Waals surface area contributed by atoms with Crippen LogP contribution in [0.25, 0.3) is 17.0 Å². The third-order valence-electron chi connectivity index (χ3n) is 4.59. The van der Waals surface area contributed by atoms with Crippen molar-refractivity contribution in [1.82, 2.24) is 24.5 Å². The van der Waals surface area contributed by atoms with Gasteiger partial charge in [-0.05, 0) is 12.1 Å². The van der Waals surface area contributed by atoms with Gasteiger partial charge in [-0.15, -0.1) is 0 Å². The average molecular weight is 385 g/mol. The number of hydrogen-bond donors (Lipinski definition) is 2. The van der Waals surface area contributed by atoms with E-state index in [-0.39, 0.29) is 13.2 Å². The van der Waals surface area contributed by atoms with Gasteiger partial charge >= 0.3 is 0 Å². The Morgan fingerprint density at radius 3 is 2.43 bits per heavy atom. The number of para-hydroxylation sites is 2. The fourth-order valence-corrected chi connectivity index (χ4v) is 3.17. The van der Waals surface area contributed by atoms with E-state index in [1.54, 1.807) is 11.2 Å². The van der Waals surface area contributed by atoms with Gasteiger partial charge in [0.05, 0.1) is 37.5 Å². The maximum Gasteiger partial charge on any atom is 0.242 e. The van der Waals surface area contributed by atoms with Gasteiger partial charge in [-0.3, -0.25) is 4.57 Å². The first-order valence-corrected chi connectivity index (χ1v) is 9.28. The number of morpholine rings is 1. The molecule has 10 heteroatoms. The fraction of sp³-hybridized carbons (Fsp3) is 0.444. The second-order valence-corrected chi connectivity index (χ2v) is 6.37. The number of aromatic nitrogens is 5. The van der Waals surface area contributed by atoms with Gasteiger partial charge in [-0.1, -0.05) is 12.1 Å². The third kappa shape index (κ3) is 3.75. The molecule has 0 radical (unpaired) electrons. The lowest BCUT2D eigenvalue weighted by Crippen LogP contribution is -2.38. The molecule has 1 saturated heterocycles. The van der Waals surface area contributed by atoms with Crippen LogP contribution in [0.2, 0.25) is 0 Å². The summed E-state index contributed by atoms with van der Waals surface area (Å²) in [6.07, 6.45) is 1.69. The lowest BCUT2D eigenvalue weighted by Gasteiger charge is -2.28. The largest absolute Gasteiger partial charge is 0.395 e.